The fourth-order valence-electron chi connectivity index (χ4n) is 1.18. The average Bonchev–Trinajstić information content (AvgIpc) is 2.44. The normalized spacial score (nSPS) is 12.9. The summed E-state index contributed by atoms with van der Waals surface area (Å²) < 4.78 is 2.59. The van der Waals surface area contributed by atoms with Gasteiger partial charge in [-0.1, -0.05) is 0 Å². The van der Waals surface area contributed by atoms with Crippen LogP contribution in [-0.2, 0) is 4.79 Å². The number of carbonyl (C=O) groups is 1. The summed E-state index contributed by atoms with van der Waals surface area (Å²) in [7, 11) is 0. The van der Waals surface area contributed by atoms with Crippen LogP contribution >= 0.6 is 15.9 Å². The number of carbonyl (C=O) groups excluding carboxylic acids is 1. The number of nitrogens with one attached hydrogen (secondary N) is 1. The highest BCUT2D eigenvalue weighted by atomic mass is 79.9. The molecule has 0 saturated carbocycles. The van der Waals surface area contributed by atoms with Gasteiger partial charge in [0.15, 0.2) is 0 Å². The van der Waals surface area contributed by atoms with E-state index in [9.17, 15) is 4.79 Å². The zero-order valence-electron chi connectivity index (χ0n) is 9.41. The van der Waals surface area contributed by atoms with Crippen LogP contribution in [0.2, 0.25) is 0 Å². The lowest BCUT2D eigenvalue weighted by Crippen LogP contribution is -2.35. The smallest absolute Gasteiger partial charge is 0.244 e. The van der Waals surface area contributed by atoms with E-state index in [0.29, 0.717) is 0 Å². The van der Waals surface area contributed by atoms with Gasteiger partial charge in [-0.15, -0.1) is 0 Å². The Hall–Kier alpha value is -0.840. The summed E-state index contributed by atoms with van der Waals surface area (Å²) in [6, 6.07) is -0.127. The van der Waals surface area contributed by atoms with Crippen LogP contribution < -0.4 is 5.32 Å². The number of amides is 1. The first kappa shape index (κ1) is 12.2. The Morgan fingerprint density at radius 1 is 1.53 bits per heavy atom. The molecule has 0 aliphatic rings. The summed E-state index contributed by atoms with van der Waals surface area (Å²) in [6.45, 7) is 7.61. The molecule has 1 N–H and O–H groups in total. The van der Waals surface area contributed by atoms with Crippen molar-refractivity contribution in [2.75, 3.05) is 0 Å². The van der Waals surface area contributed by atoms with Crippen molar-refractivity contribution in [3.63, 3.8) is 0 Å². The second kappa shape index (κ2) is 4.79. The Bertz CT molecular complexity index is 340. The summed E-state index contributed by atoms with van der Waals surface area (Å²) in [5.41, 5.74) is 0.888. The van der Waals surface area contributed by atoms with Crippen molar-refractivity contribution in [3.8, 4) is 0 Å². The average molecular weight is 274 g/mol. The van der Waals surface area contributed by atoms with Crippen LogP contribution in [0.15, 0.2) is 10.7 Å². The predicted octanol–water partition coefficient (Wildman–Crippen LogP) is 2.04. The summed E-state index contributed by atoms with van der Waals surface area (Å²) in [6.07, 6.45) is 1.82. The van der Waals surface area contributed by atoms with Crippen LogP contribution in [0.4, 0.5) is 0 Å². The van der Waals surface area contributed by atoms with Gasteiger partial charge in [-0.25, -0.2) is 0 Å². The van der Waals surface area contributed by atoms with Crippen LogP contribution in [0.5, 0.6) is 0 Å². The molecule has 15 heavy (non-hydrogen) atoms. The highest BCUT2D eigenvalue weighted by Gasteiger charge is 2.17. The van der Waals surface area contributed by atoms with Gasteiger partial charge in [0.05, 0.1) is 10.2 Å². The molecule has 1 aromatic heterocycles. The number of nitrogens with zero attached hydrogens (tertiary/aromatic N) is 2. The van der Waals surface area contributed by atoms with Gasteiger partial charge < -0.3 is 5.32 Å². The number of hydrogen-bond acceptors (Lipinski definition) is 2. The van der Waals surface area contributed by atoms with Crippen LogP contribution in [0.25, 0.3) is 0 Å². The molecule has 1 heterocycles. The molecule has 0 aliphatic carbocycles. The molecule has 1 rings (SSSR count). The molecule has 1 aromatic rings. The lowest BCUT2D eigenvalue weighted by molar-refractivity contribution is -0.124. The Morgan fingerprint density at radius 3 is 2.53 bits per heavy atom. The van der Waals surface area contributed by atoms with Crippen LogP contribution in [0.3, 0.4) is 0 Å². The SMILES string of the molecule is Cc1nn([C@H](C)C(=O)NC(C)C)cc1Br. The molecule has 0 radical (unpaired) electrons. The summed E-state index contributed by atoms with van der Waals surface area (Å²) in [5, 5.41) is 7.10. The maximum atomic E-state index is 11.7. The van der Waals surface area contributed by atoms with E-state index >= 15 is 0 Å². The molecule has 1 amide bonds. The predicted molar refractivity (Wildman–Crippen MR) is 62.7 cm³/mol. The molecule has 0 unspecified atom stereocenters. The Morgan fingerprint density at radius 2 is 2.13 bits per heavy atom. The molecule has 4 nitrogen and oxygen atoms in total. The molecule has 0 aromatic carbocycles. The zero-order chi connectivity index (χ0) is 11.6. The molecule has 0 spiro atoms. The maximum Gasteiger partial charge on any atom is 0.244 e. The third kappa shape index (κ3) is 3.06. The van der Waals surface area contributed by atoms with E-state index in [1.54, 1.807) is 4.68 Å². The minimum absolute atomic E-state index is 0.0139. The number of halogens is 1. The van der Waals surface area contributed by atoms with Gasteiger partial charge in [-0.3, -0.25) is 9.48 Å². The molecular weight excluding hydrogens is 258 g/mol. The maximum absolute atomic E-state index is 11.7. The molecule has 0 aliphatic heterocycles. The summed E-state index contributed by atoms with van der Waals surface area (Å²) in [4.78, 5) is 11.7. The van der Waals surface area contributed by atoms with Crippen molar-refractivity contribution < 1.29 is 4.79 Å². The quantitative estimate of drug-likeness (QED) is 0.916. The molecule has 5 heteroatoms. The Balaban J connectivity index is 2.76. The summed E-state index contributed by atoms with van der Waals surface area (Å²) in [5.74, 6) is -0.0139. The first-order chi connectivity index (χ1) is 6.91. The van der Waals surface area contributed by atoms with E-state index in [0.717, 1.165) is 10.2 Å². The molecule has 0 fully saturated rings. The highest BCUT2D eigenvalue weighted by molar-refractivity contribution is 9.10. The van der Waals surface area contributed by atoms with Gasteiger partial charge in [-0.2, -0.15) is 5.10 Å². The van der Waals surface area contributed by atoms with E-state index in [-0.39, 0.29) is 18.0 Å². The minimum Gasteiger partial charge on any atom is -0.352 e. The first-order valence-electron chi connectivity index (χ1n) is 4.93. The van der Waals surface area contributed by atoms with E-state index in [4.69, 9.17) is 0 Å². The van der Waals surface area contributed by atoms with Gasteiger partial charge in [0.2, 0.25) is 5.91 Å². The van der Waals surface area contributed by atoms with Crippen molar-refractivity contribution in [2.45, 2.75) is 39.8 Å². The van der Waals surface area contributed by atoms with Gasteiger partial charge in [-0.05, 0) is 43.6 Å². The second-order valence-electron chi connectivity index (χ2n) is 3.88. The van der Waals surface area contributed by atoms with Gasteiger partial charge >= 0.3 is 0 Å². The van der Waals surface area contributed by atoms with E-state index in [1.165, 1.54) is 0 Å². The largest absolute Gasteiger partial charge is 0.352 e. The van der Waals surface area contributed by atoms with Crippen molar-refractivity contribution in [2.24, 2.45) is 0 Å². The molecule has 0 bridgehead atoms. The van der Waals surface area contributed by atoms with E-state index < -0.39 is 0 Å². The second-order valence-corrected chi connectivity index (χ2v) is 4.74. The standard InChI is InChI=1S/C10H16BrN3O/c1-6(2)12-10(15)8(4)14-5-9(11)7(3)13-14/h5-6,8H,1-4H3,(H,12,15)/t8-/m1/s1. The van der Waals surface area contributed by atoms with Crippen molar-refractivity contribution in [1.82, 2.24) is 15.1 Å². The Labute approximate surface area is 98.2 Å². The number of hydrogen-bond donors (Lipinski definition) is 1. The van der Waals surface area contributed by atoms with E-state index in [1.807, 2.05) is 33.9 Å². The van der Waals surface area contributed by atoms with Crippen LogP contribution in [-0.4, -0.2) is 21.7 Å². The molecule has 1 atom stereocenters. The lowest BCUT2D eigenvalue weighted by Gasteiger charge is -2.14. The molecule has 0 saturated heterocycles. The number of rotatable bonds is 3. The van der Waals surface area contributed by atoms with Crippen molar-refractivity contribution >= 4 is 21.8 Å². The first-order valence-corrected chi connectivity index (χ1v) is 5.72. The van der Waals surface area contributed by atoms with Crippen LogP contribution in [0.1, 0.15) is 32.5 Å². The van der Waals surface area contributed by atoms with Gasteiger partial charge in [0.25, 0.3) is 0 Å². The zero-order valence-corrected chi connectivity index (χ0v) is 11.0. The number of aromatic nitrogens is 2. The van der Waals surface area contributed by atoms with Gasteiger partial charge in [0.1, 0.15) is 6.04 Å². The topological polar surface area (TPSA) is 46.9 Å². The van der Waals surface area contributed by atoms with E-state index in [2.05, 4.69) is 26.3 Å². The monoisotopic (exact) mass is 273 g/mol. The van der Waals surface area contributed by atoms with Crippen LogP contribution in [0, 0.1) is 6.92 Å². The summed E-state index contributed by atoms with van der Waals surface area (Å²) >= 11 is 3.37. The fraction of sp³-hybridized carbons (Fsp3) is 0.600. The third-order valence-corrected chi connectivity index (χ3v) is 2.84. The molecular formula is C10H16BrN3O. The highest BCUT2D eigenvalue weighted by Crippen LogP contribution is 2.16. The minimum atomic E-state index is -0.280. The third-order valence-electron chi connectivity index (χ3n) is 2.06. The number of aryl methyl sites for hydroxylation is 1. The lowest BCUT2D eigenvalue weighted by atomic mass is 10.3. The molecule has 84 valence electrons. The Kier molecular flexibility index (Phi) is 3.90. The van der Waals surface area contributed by atoms with Crippen molar-refractivity contribution in [3.05, 3.63) is 16.4 Å². The van der Waals surface area contributed by atoms with Gasteiger partial charge in [0, 0.05) is 12.2 Å². The fourth-order valence-corrected chi connectivity index (χ4v) is 1.47. The van der Waals surface area contributed by atoms with Crippen molar-refractivity contribution in [1.29, 1.82) is 0 Å².